The average molecular weight is 565 g/mol. The van der Waals surface area contributed by atoms with Crippen molar-refractivity contribution < 1.29 is 19.4 Å². The third-order valence-electron chi connectivity index (χ3n) is 7.27. The Morgan fingerprint density at radius 3 is 2.42 bits per heavy atom. The van der Waals surface area contributed by atoms with Crippen molar-refractivity contribution in [1.29, 1.82) is 0 Å². The van der Waals surface area contributed by atoms with Gasteiger partial charge in [0.25, 0.3) is 0 Å². The molecule has 0 spiro atoms. The van der Waals surface area contributed by atoms with Gasteiger partial charge in [0, 0.05) is 43.7 Å². The van der Waals surface area contributed by atoms with Crippen molar-refractivity contribution in [2.75, 3.05) is 51.8 Å². The monoisotopic (exact) mass is 564 g/mol. The molecule has 2 aliphatic heterocycles. The number of morpholine rings is 1. The van der Waals surface area contributed by atoms with Crippen LogP contribution in [-0.4, -0.2) is 84.2 Å². The lowest BCUT2D eigenvalue weighted by atomic mass is 9.70. The lowest BCUT2D eigenvalue weighted by molar-refractivity contribution is -0.136. The molecule has 4 rings (SSSR count). The minimum Gasteiger partial charge on any atom is -0.400 e. The standard InChI is InChI=1S/C27H37ClN4O3S.CH4O/c1-18(2)24(30-26-29-21(16-36-26)15-23(33)31-11-13-35-14-12-31)25(34)32-10-9-22(27(3,4)17-32)19-5-7-20(28)8-6-19;1-2/h5-8,16,18,22,24H,9-15,17H2,1-4H3,(H,29,30);2H,1H3. The number of hydrogen-bond donors (Lipinski definition) is 2. The fraction of sp³-hybridized carbons (Fsp3) is 0.607. The molecular weight excluding hydrogens is 524 g/mol. The average Bonchev–Trinajstić information content (AvgIpc) is 3.35. The van der Waals surface area contributed by atoms with E-state index in [-0.39, 0.29) is 35.6 Å². The van der Waals surface area contributed by atoms with Gasteiger partial charge in [0.1, 0.15) is 6.04 Å². The van der Waals surface area contributed by atoms with Gasteiger partial charge in [-0.25, -0.2) is 4.98 Å². The molecule has 0 radical (unpaired) electrons. The quantitative estimate of drug-likeness (QED) is 0.521. The highest BCUT2D eigenvalue weighted by molar-refractivity contribution is 7.13. The van der Waals surface area contributed by atoms with E-state index in [1.54, 1.807) is 0 Å². The Labute approximate surface area is 235 Å². The van der Waals surface area contributed by atoms with E-state index in [0.717, 1.165) is 30.8 Å². The van der Waals surface area contributed by atoms with Crippen LogP contribution in [0.1, 0.15) is 51.3 Å². The van der Waals surface area contributed by atoms with Crippen LogP contribution in [0.3, 0.4) is 0 Å². The second-order valence-corrected chi connectivity index (χ2v) is 12.1. The number of carbonyl (C=O) groups excluding carboxylic acids is 2. The number of benzene rings is 1. The first-order valence-corrected chi connectivity index (χ1v) is 14.5. The van der Waals surface area contributed by atoms with Crippen molar-refractivity contribution >= 4 is 39.9 Å². The van der Waals surface area contributed by atoms with E-state index >= 15 is 0 Å². The molecule has 10 heteroatoms. The van der Waals surface area contributed by atoms with Gasteiger partial charge in [0.2, 0.25) is 11.8 Å². The molecule has 38 heavy (non-hydrogen) atoms. The Morgan fingerprint density at radius 2 is 1.82 bits per heavy atom. The summed E-state index contributed by atoms with van der Waals surface area (Å²) in [7, 11) is 1.00. The minimum atomic E-state index is -0.373. The van der Waals surface area contributed by atoms with Gasteiger partial charge < -0.3 is 25.0 Å². The van der Waals surface area contributed by atoms with Crippen LogP contribution in [0.15, 0.2) is 29.6 Å². The van der Waals surface area contributed by atoms with E-state index in [1.165, 1.54) is 16.9 Å². The number of halogens is 1. The molecule has 1 aromatic heterocycles. The van der Waals surface area contributed by atoms with Crippen LogP contribution < -0.4 is 5.32 Å². The van der Waals surface area contributed by atoms with Crippen molar-refractivity contribution in [2.24, 2.45) is 11.3 Å². The maximum Gasteiger partial charge on any atom is 0.245 e. The summed E-state index contributed by atoms with van der Waals surface area (Å²) in [5.41, 5.74) is 1.95. The van der Waals surface area contributed by atoms with Crippen LogP contribution in [0.5, 0.6) is 0 Å². The van der Waals surface area contributed by atoms with Gasteiger partial charge in [0.15, 0.2) is 5.13 Å². The number of piperidine rings is 1. The van der Waals surface area contributed by atoms with Crippen molar-refractivity contribution in [3.8, 4) is 0 Å². The van der Waals surface area contributed by atoms with Gasteiger partial charge in [-0.15, -0.1) is 11.3 Å². The largest absolute Gasteiger partial charge is 0.400 e. The summed E-state index contributed by atoms with van der Waals surface area (Å²) in [5.74, 6) is 0.637. The first-order chi connectivity index (χ1) is 18.1. The van der Waals surface area contributed by atoms with Crippen LogP contribution in [0.2, 0.25) is 5.02 Å². The molecule has 210 valence electrons. The van der Waals surface area contributed by atoms with E-state index in [4.69, 9.17) is 21.4 Å². The Morgan fingerprint density at radius 1 is 1.16 bits per heavy atom. The van der Waals surface area contributed by atoms with E-state index in [9.17, 15) is 9.59 Å². The highest BCUT2D eigenvalue weighted by Gasteiger charge is 2.40. The fourth-order valence-corrected chi connectivity index (χ4v) is 6.11. The molecule has 2 amide bonds. The summed E-state index contributed by atoms with van der Waals surface area (Å²) in [4.78, 5) is 34.7. The first kappa shape index (κ1) is 30.3. The number of amides is 2. The second-order valence-electron chi connectivity index (χ2n) is 10.8. The van der Waals surface area contributed by atoms with Crippen LogP contribution in [-0.2, 0) is 20.7 Å². The number of carbonyl (C=O) groups is 2. The van der Waals surface area contributed by atoms with Crippen molar-refractivity contribution in [3.63, 3.8) is 0 Å². The highest BCUT2D eigenvalue weighted by Crippen LogP contribution is 2.42. The number of thiazole rings is 1. The number of anilines is 1. The molecule has 3 heterocycles. The maximum atomic E-state index is 13.7. The molecule has 0 bridgehead atoms. The number of aromatic nitrogens is 1. The van der Waals surface area contributed by atoms with Crippen molar-refractivity contribution in [3.05, 3.63) is 45.9 Å². The maximum absolute atomic E-state index is 13.7. The predicted octanol–water partition coefficient (Wildman–Crippen LogP) is 4.29. The molecule has 2 N–H and O–H groups in total. The molecule has 0 saturated carbocycles. The van der Waals surface area contributed by atoms with E-state index in [0.29, 0.717) is 43.9 Å². The van der Waals surface area contributed by atoms with Gasteiger partial charge in [-0.1, -0.05) is 51.4 Å². The molecule has 2 aliphatic rings. The molecule has 2 unspecified atom stereocenters. The smallest absolute Gasteiger partial charge is 0.245 e. The predicted molar refractivity (Wildman–Crippen MR) is 153 cm³/mol. The van der Waals surface area contributed by atoms with Crippen molar-refractivity contribution in [2.45, 2.75) is 52.5 Å². The number of hydrogen-bond acceptors (Lipinski definition) is 7. The third-order valence-corrected chi connectivity index (χ3v) is 8.35. The zero-order valence-electron chi connectivity index (χ0n) is 23.1. The lowest BCUT2D eigenvalue weighted by Crippen LogP contribution is -2.53. The molecule has 2 aromatic rings. The normalized spacial score (nSPS) is 19.9. The molecular formula is C28H41ClN4O4S. The number of likely N-dealkylation sites (tertiary alicyclic amines) is 1. The summed E-state index contributed by atoms with van der Waals surface area (Å²) in [6.07, 6.45) is 1.18. The second kappa shape index (κ2) is 13.7. The third kappa shape index (κ3) is 7.68. The molecule has 2 atom stereocenters. The molecule has 1 aromatic carbocycles. The number of nitrogens with zero attached hydrogens (tertiary/aromatic N) is 3. The highest BCUT2D eigenvalue weighted by atomic mass is 35.5. The Hall–Kier alpha value is -2.20. The topological polar surface area (TPSA) is 95.0 Å². The van der Waals surface area contributed by atoms with Gasteiger partial charge in [-0.3, -0.25) is 9.59 Å². The zero-order chi connectivity index (χ0) is 27.9. The minimum absolute atomic E-state index is 0.0581. The fourth-order valence-electron chi connectivity index (χ4n) is 5.24. The summed E-state index contributed by atoms with van der Waals surface area (Å²) >= 11 is 7.54. The Kier molecular flexibility index (Phi) is 11.0. The molecule has 0 aliphatic carbocycles. The molecule has 2 saturated heterocycles. The van der Waals surface area contributed by atoms with Crippen molar-refractivity contribution in [1.82, 2.24) is 14.8 Å². The van der Waals surface area contributed by atoms with Crippen LogP contribution in [0.4, 0.5) is 5.13 Å². The summed E-state index contributed by atoms with van der Waals surface area (Å²) in [6.45, 7) is 12.4. The number of aliphatic hydroxyl groups is 1. The number of ether oxygens (including phenoxy) is 1. The zero-order valence-corrected chi connectivity index (χ0v) is 24.6. The van der Waals surface area contributed by atoms with E-state index < -0.39 is 0 Å². The summed E-state index contributed by atoms with van der Waals surface area (Å²) in [6, 6.07) is 7.73. The number of nitrogens with one attached hydrogen (secondary N) is 1. The van der Waals surface area contributed by atoms with Gasteiger partial charge in [-0.2, -0.15) is 0 Å². The molecule has 2 fully saturated rings. The Bertz CT molecular complexity index is 1050. The van der Waals surface area contributed by atoms with E-state index in [1.807, 2.05) is 27.3 Å². The van der Waals surface area contributed by atoms with Crippen LogP contribution in [0.25, 0.3) is 0 Å². The lowest BCUT2D eigenvalue weighted by Gasteiger charge is -2.45. The molecule has 8 nitrogen and oxygen atoms in total. The Balaban J connectivity index is 0.00000195. The van der Waals surface area contributed by atoms with E-state index in [2.05, 4.69) is 50.1 Å². The number of aliphatic hydroxyl groups excluding tert-OH is 1. The van der Waals surface area contributed by atoms with Gasteiger partial charge in [-0.05, 0) is 41.4 Å². The van der Waals surface area contributed by atoms with Gasteiger partial charge in [0.05, 0.1) is 25.3 Å². The SMILES string of the molecule is CC(C)C(Nc1nc(CC(=O)N2CCOCC2)cs1)C(=O)N1CCC(c2ccc(Cl)cc2)C(C)(C)C1.CO. The summed E-state index contributed by atoms with van der Waals surface area (Å²) in [5, 5.41) is 13.7. The number of rotatable bonds is 7. The first-order valence-electron chi connectivity index (χ1n) is 13.2. The summed E-state index contributed by atoms with van der Waals surface area (Å²) < 4.78 is 5.33. The van der Waals surface area contributed by atoms with Crippen LogP contribution in [0, 0.1) is 11.3 Å². The van der Waals surface area contributed by atoms with Gasteiger partial charge >= 0.3 is 0 Å². The van der Waals surface area contributed by atoms with Crippen LogP contribution >= 0.6 is 22.9 Å².